The van der Waals surface area contributed by atoms with Gasteiger partial charge in [-0.3, -0.25) is 9.59 Å². The molecule has 0 saturated heterocycles. The molecule has 2 atom stereocenters. The second-order valence-corrected chi connectivity index (χ2v) is 5.57. The number of carbonyl (C=O) groups excluding carboxylic acids is 2. The monoisotopic (exact) mass is 335 g/mol. The van der Waals surface area contributed by atoms with Crippen LogP contribution in [0.1, 0.15) is 18.9 Å². The van der Waals surface area contributed by atoms with Gasteiger partial charge in [-0.2, -0.15) is 13.2 Å². The van der Waals surface area contributed by atoms with Crippen LogP contribution in [0.25, 0.3) is 0 Å². The number of hydrogen-bond donors (Lipinski definition) is 1. The van der Waals surface area contributed by atoms with Crippen LogP contribution in [0.5, 0.6) is 0 Å². The summed E-state index contributed by atoms with van der Waals surface area (Å²) in [6.45, 7) is 1.32. The largest absolute Gasteiger partial charge is 0.455 e. The smallest absolute Gasteiger partial charge is 0.416 e. The van der Waals surface area contributed by atoms with Gasteiger partial charge in [-0.1, -0.05) is 18.5 Å². The number of ether oxygens (including phenoxy) is 1. The lowest BCUT2D eigenvalue weighted by Crippen LogP contribution is -2.22. The number of amides is 1. The molecule has 8 heteroatoms. The lowest BCUT2D eigenvalue weighted by molar-refractivity contribution is -0.148. The van der Waals surface area contributed by atoms with E-state index < -0.39 is 30.2 Å². The predicted molar refractivity (Wildman–Crippen MR) is 73.3 cm³/mol. The van der Waals surface area contributed by atoms with Gasteiger partial charge in [0, 0.05) is 0 Å². The van der Waals surface area contributed by atoms with Crippen LogP contribution in [0.2, 0.25) is 5.02 Å². The van der Waals surface area contributed by atoms with Gasteiger partial charge < -0.3 is 10.1 Å². The molecule has 0 bridgehead atoms. The molecule has 0 heterocycles. The maximum atomic E-state index is 12.6. The predicted octanol–water partition coefficient (Wildman–Crippen LogP) is 3.50. The molecule has 2 rings (SSSR count). The van der Waals surface area contributed by atoms with Crippen molar-refractivity contribution in [2.75, 3.05) is 11.9 Å². The van der Waals surface area contributed by atoms with Crippen LogP contribution >= 0.6 is 11.6 Å². The van der Waals surface area contributed by atoms with Crippen molar-refractivity contribution in [3.8, 4) is 0 Å². The van der Waals surface area contributed by atoms with Crippen LogP contribution in [-0.2, 0) is 20.5 Å². The fourth-order valence-corrected chi connectivity index (χ4v) is 2.04. The summed E-state index contributed by atoms with van der Waals surface area (Å²) in [5.41, 5.74) is -1.12. The third-order valence-electron chi connectivity index (χ3n) is 3.33. The molecule has 4 nitrogen and oxygen atoms in total. The normalized spacial score (nSPS) is 20.4. The molecule has 1 fully saturated rings. The summed E-state index contributed by atoms with van der Waals surface area (Å²) in [7, 11) is 0. The van der Waals surface area contributed by atoms with Gasteiger partial charge in [0.25, 0.3) is 5.91 Å². The summed E-state index contributed by atoms with van der Waals surface area (Å²) < 4.78 is 42.6. The molecule has 1 aromatic rings. The van der Waals surface area contributed by atoms with E-state index in [1.165, 1.54) is 0 Å². The average molecular weight is 336 g/mol. The van der Waals surface area contributed by atoms with Crippen LogP contribution in [-0.4, -0.2) is 18.5 Å². The number of anilines is 1. The molecule has 1 amide bonds. The molecule has 120 valence electrons. The van der Waals surface area contributed by atoms with E-state index in [1.807, 2.05) is 6.92 Å². The highest BCUT2D eigenvalue weighted by Crippen LogP contribution is 2.38. The van der Waals surface area contributed by atoms with Gasteiger partial charge in [0.1, 0.15) is 0 Å². The Labute approximate surface area is 129 Å². The molecule has 1 aromatic carbocycles. The summed E-state index contributed by atoms with van der Waals surface area (Å²) in [5.74, 6) is -1.17. The molecule has 1 N–H and O–H groups in total. The molecule has 1 saturated carbocycles. The van der Waals surface area contributed by atoms with Gasteiger partial charge in [-0.05, 0) is 30.5 Å². The molecule has 0 aromatic heterocycles. The van der Waals surface area contributed by atoms with E-state index in [1.54, 1.807) is 0 Å². The third-order valence-corrected chi connectivity index (χ3v) is 3.66. The summed E-state index contributed by atoms with van der Waals surface area (Å²) >= 11 is 5.74. The Hall–Kier alpha value is -1.76. The first-order valence-electron chi connectivity index (χ1n) is 6.51. The number of nitrogens with one attached hydrogen (secondary N) is 1. The van der Waals surface area contributed by atoms with Crippen molar-refractivity contribution < 1.29 is 27.5 Å². The molecule has 0 unspecified atom stereocenters. The number of alkyl halides is 3. The maximum Gasteiger partial charge on any atom is 0.416 e. The Kier molecular flexibility index (Phi) is 4.65. The molecule has 0 aliphatic heterocycles. The summed E-state index contributed by atoms with van der Waals surface area (Å²) in [6.07, 6.45) is -3.82. The van der Waals surface area contributed by atoms with Gasteiger partial charge in [-0.15, -0.1) is 0 Å². The van der Waals surface area contributed by atoms with Crippen molar-refractivity contribution in [2.24, 2.45) is 11.8 Å². The van der Waals surface area contributed by atoms with Crippen molar-refractivity contribution >= 4 is 29.2 Å². The van der Waals surface area contributed by atoms with Crippen molar-refractivity contribution in [3.05, 3.63) is 28.8 Å². The third kappa shape index (κ3) is 4.13. The van der Waals surface area contributed by atoms with Gasteiger partial charge in [0.05, 0.1) is 22.2 Å². The fraction of sp³-hybridized carbons (Fsp3) is 0.429. The van der Waals surface area contributed by atoms with Crippen LogP contribution in [0.4, 0.5) is 18.9 Å². The van der Waals surface area contributed by atoms with E-state index in [9.17, 15) is 22.8 Å². The zero-order valence-electron chi connectivity index (χ0n) is 11.5. The number of rotatable bonds is 4. The Morgan fingerprint density at radius 2 is 2.05 bits per heavy atom. The minimum Gasteiger partial charge on any atom is -0.455 e. The first kappa shape index (κ1) is 16.6. The number of carbonyl (C=O) groups is 2. The summed E-state index contributed by atoms with van der Waals surface area (Å²) in [4.78, 5) is 23.1. The zero-order chi connectivity index (χ0) is 16.5. The van der Waals surface area contributed by atoms with Gasteiger partial charge in [0.2, 0.25) is 0 Å². The quantitative estimate of drug-likeness (QED) is 0.857. The van der Waals surface area contributed by atoms with Gasteiger partial charge in [0.15, 0.2) is 6.61 Å². The molecular weight excluding hydrogens is 323 g/mol. The Morgan fingerprint density at radius 3 is 2.59 bits per heavy atom. The standard InChI is InChI=1S/C14H13ClF3NO3/c1-7-4-9(7)13(21)22-6-12(20)19-11-5-8(14(16,17)18)2-3-10(11)15/h2-3,5,7,9H,4,6H2,1H3,(H,19,20)/t7-,9+/m0/s1. The van der Waals surface area contributed by atoms with Crippen LogP contribution in [0, 0.1) is 11.8 Å². The van der Waals surface area contributed by atoms with E-state index in [0.29, 0.717) is 0 Å². The van der Waals surface area contributed by atoms with E-state index in [-0.39, 0.29) is 22.5 Å². The van der Waals surface area contributed by atoms with E-state index in [2.05, 4.69) is 5.32 Å². The van der Waals surface area contributed by atoms with Crippen molar-refractivity contribution in [2.45, 2.75) is 19.5 Å². The fourth-order valence-electron chi connectivity index (χ4n) is 1.88. The number of benzene rings is 1. The molecule has 22 heavy (non-hydrogen) atoms. The Bertz CT molecular complexity index is 603. The van der Waals surface area contributed by atoms with Gasteiger partial charge >= 0.3 is 12.1 Å². The number of halogens is 4. The SMILES string of the molecule is C[C@H]1C[C@H]1C(=O)OCC(=O)Nc1cc(C(F)(F)F)ccc1Cl. The van der Waals surface area contributed by atoms with E-state index in [0.717, 1.165) is 24.6 Å². The number of esters is 1. The van der Waals surface area contributed by atoms with E-state index in [4.69, 9.17) is 16.3 Å². The van der Waals surface area contributed by atoms with Crippen LogP contribution in [0.3, 0.4) is 0 Å². The molecule has 0 radical (unpaired) electrons. The molecule has 1 aliphatic carbocycles. The average Bonchev–Trinajstić information content (AvgIpc) is 3.14. The highest BCUT2D eigenvalue weighted by molar-refractivity contribution is 6.33. The van der Waals surface area contributed by atoms with E-state index >= 15 is 0 Å². The van der Waals surface area contributed by atoms with Crippen molar-refractivity contribution in [3.63, 3.8) is 0 Å². The summed E-state index contributed by atoms with van der Waals surface area (Å²) in [6, 6.07) is 2.58. The van der Waals surface area contributed by atoms with Crippen LogP contribution < -0.4 is 5.32 Å². The number of hydrogen-bond acceptors (Lipinski definition) is 3. The Balaban J connectivity index is 1.94. The second kappa shape index (κ2) is 6.16. The highest BCUT2D eigenvalue weighted by Gasteiger charge is 2.40. The first-order valence-corrected chi connectivity index (χ1v) is 6.89. The minimum absolute atomic E-state index is 0.0384. The second-order valence-electron chi connectivity index (χ2n) is 5.17. The zero-order valence-corrected chi connectivity index (χ0v) is 12.3. The maximum absolute atomic E-state index is 12.6. The van der Waals surface area contributed by atoms with Crippen LogP contribution in [0.15, 0.2) is 18.2 Å². The minimum atomic E-state index is -4.54. The summed E-state index contributed by atoms with van der Waals surface area (Å²) in [5, 5.41) is 2.16. The highest BCUT2D eigenvalue weighted by atomic mass is 35.5. The molecule has 1 aliphatic rings. The molecule has 0 spiro atoms. The van der Waals surface area contributed by atoms with Gasteiger partial charge in [-0.25, -0.2) is 0 Å². The Morgan fingerprint density at radius 1 is 1.41 bits per heavy atom. The molecular formula is C14H13ClF3NO3. The van der Waals surface area contributed by atoms with Crippen molar-refractivity contribution in [1.82, 2.24) is 0 Å². The topological polar surface area (TPSA) is 55.4 Å². The first-order chi connectivity index (χ1) is 10.2. The lowest BCUT2D eigenvalue weighted by Gasteiger charge is -2.11. The van der Waals surface area contributed by atoms with Crippen molar-refractivity contribution in [1.29, 1.82) is 0 Å². The lowest BCUT2D eigenvalue weighted by atomic mass is 10.2.